The van der Waals surface area contributed by atoms with E-state index in [-0.39, 0.29) is 0 Å². The van der Waals surface area contributed by atoms with Gasteiger partial charge >= 0.3 is 0 Å². The molecule has 2 heteroatoms. The molecule has 1 aromatic carbocycles. The largest absolute Gasteiger partial charge is 0.313 e. The minimum absolute atomic E-state index is 0.507. The Labute approximate surface area is 119 Å². The molecule has 18 heavy (non-hydrogen) atoms. The van der Waals surface area contributed by atoms with Crippen LogP contribution in [0.4, 0.5) is 0 Å². The van der Waals surface area contributed by atoms with Crippen LogP contribution >= 0.6 is 15.9 Å². The van der Waals surface area contributed by atoms with E-state index in [1.807, 2.05) is 0 Å². The van der Waals surface area contributed by atoms with Gasteiger partial charge in [-0.15, -0.1) is 0 Å². The first-order valence-corrected chi connectivity index (χ1v) is 7.84. The highest BCUT2D eigenvalue weighted by atomic mass is 79.9. The van der Waals surface area contributed by atoms with Gasteiger partial charge in [-0.2, -0.15) is 0 Å². The van der Waals surface area contributed by atoms with Crippen LogP contribution < -0.4 is 5.32 Å². The van der Waals surface area contributed by atoms with Gasteiger partial charge in [-0.25, -0.2) is 0 Å². The van der Waals surface area contributed by atoms with Crippen molar-refractivity contribution in [3.63, 3.8) is 0 Å². The van der Waals surface area contributed by atoms with Gasteiger partial charge in [0.05, 0.1) is 0 Å². The van der Waals surface area contributed by atoms with E-state index in [0.717, 1.165) is 22.2 Å². The Morgan fingerprint density at radius 2 is 1.78 bits per heavy atom. The summed E-state index contributed by atoms with van der Waals surface area (Å²) < 4.78 is 1.16. The van der Waals surface area contributed by atoms with Crippen molar-refractivity contribution in [3.8, 4) is 0 Å². The van der Waals surface area contributed by atoms with Gasteiger partial charge in [0.15, 0.2) is 0 Å². The maximum Gasteiger partial charge on any atom is 0.0346 e. The topological polar surface area (TPSA) is 12.0 Å². The van der Waals surface area contributed by atoms with Crippen LogP contribution in [0.25, 0.3) is 0 Å². The van der Waals surface area contributed by atoms with E-state index >= 15 is 0 Å². The maximum absolute atomic E-state index is 3.53. The van der Waals surface area contributed by atoms with E-state index in [9.17, 15) is 0 Å². The third-order valence-corrected chi connectivity index (χ3v) is 5.18. The lowest BCUT2D eigenvalue weighted by Crippen LogP contribution is -2.31. The summed E-state index contributed by atoms with van der Waals surface area (Å²) in [4.78, 5) is 0. The summed E-state index contributed by atoms with van der Waals surface area (Å²) in [6.07, 6.45) is 4.08. The zero-order chi connectivity index (χ0) is 13.1. The number of halogens is 1. The molecule has 1 aliphatic carbocycles. The fourth-order valence-corrected chi connectivity index (χ4v) is 3.50. The van der Waals surface area contributed by atoms with Gasteiger partial charge in [0.1, 0.15) is 0 Å². The zero-order valence-electron chi connectivity index (χ0n) is 11.6. The summed E-state index contributed by atoms with van der Waals surface area (Å²) in [5, 5.41) is 3.53. The molecule has 4 atom stereocenters. The lowest BCUT2D eigenvalue weighted by atomic mass is 9.72. The van der Waals surface area contributed by atoms with Gasteiger partial charge in [-0.3, -0.25) is 0 Å². The molecule has 100 valence electrons. The highest BCUT2D eigenvalue weighted by Crippen LogP contribution is 2.39. The Kier molecular flexibility index (Phi) is 4.85. The summed E-state index contributed by atoms with van der Waals surface area (Å²) in [6, 6.07) is 9.29. The Morgan fingerprint density at radius 3 is 2.33 bits per heavy atom. The lowest BCUT2D eigenvalue weighted by Gasteiger charge is -2.37. The molecule has 0 bridgehead atoms. The maximum atomic E-state index is 3.53. The molecule has 1 fully saturated rings. The average Bonchev–Trinajstić information content (AvgIpc) is 2.37. The van der Waals surface area contributed by atoms with Crippen molar-refractivity contribution >= 4 is 15.9 Å². The fraction of sp³-hybridized carbons (Fsp3) is 0.625. The van der Waals surface area contributed by atoms with Gasteiger partial charge in [0, 0.05) is 10.5 Å². The zero-order valence-corrected chi connectivity index (χ0v) is 13.2. The molecule has 0 aromatic heterocycles. The SMILES string of the molecule is CNC(c1ccc(Br)cc1)C1CCC(C)C(C)C1. The smallest absolute Gasteiger partial charge is 0.0346 e. The normalized spacial score (nSPS) is 30.1. The van der Waals surface area contributed by atoms with Gasteiger partial charge in [0.25, 0.3) is 0 Å². The van der Waals surface area contributed by atoms with Crippen LogP contribution in [-0.2, 0) is 0 Å². The number of rotatable bonds is 3. The highest BCUT2D eigenvalue weighted by molar-refractivity contribution is 9.10. The van der Waals surface area contributed by atoms with Crippen LogP contribution in [0.15, 0.2) is 28.7 Å². The van der Waals surface area contributed by atoms with E-state index in [2.05, 4.69) is 66.4 Å². The van der Waals surface area contributed by atoms with Gasteiger partial charge in [-0.1, -0.05) is 48.3 Å². The molecule has 0 spiro atoms. The minimum Gasteiger partial charge on any atom is -0.313 e. The molecule has 0 radical (unpaired) electrons. The van der Waals surface area contributed by atoms with Crippen molar-refractivity contribution < 1.29 is 0 Å². The molecular weight excluding hydrogens is 286 g/mol. The fourth-order valence-electron chi connectivity index (χ4n) is 3.24. The summed E-state index contributed by atoms with van der Waals surface area (Å²) in [5.41, 5.74) is 1.42. The Balaban J connectivity index is 2.11. The van der Waals surface area contributed by atoms with Crippen molar-refractivity contribution in [2.45, 2.75) is 39.2 Å². The van der Waals surface area contributed by atoms with Crippen molar-refractivity contribution in [1.82, 2.24) is 5.32 Å². The predicted octanol–water partition coefficient (Wildman–Crippen LogP) is 4.78. The number of hydrogen-bond acceptors (Lipinski definition) is 1. The minimum atomic E-state index is 0.507. The van der Waals surface area contributed by atoms with Crippen LogP contribution in [0, 0.1) is 17.8 Å². The van der Waals surface area contributed by atoms with Gasteiger partial charge in [-0.05, 0) is 55.3 Å². The molecule has 1 saturated carbocycles. The Morgan fingerprint density at radius 1 is 1.11 bits per heavy atom. The molecule has 1 aliphatic rings. The first-order valence-electron chi connectivity index (χ1n) is 7.04. The monoisotopic (exact) mass is 309 g/mol. The second-order valence-corrected chi connectivity index (χ2v) is 6.76. The van der Waals surface area contributed by atoms with Crippen LogP contribution in [0.2, 0.25) is 0 Å². The first kappa shape index (κ1) is 14.1. The summed E-state index contributed by atoms with van der Waals surface area (Å²) in [5.74, 6) is 2.53. The third-order valence-electron chi connectivity index (χ3n) is 4.65. The van der Waals surface area contributed by atoms with E-state index < -0.39 is 0 Å². The molecule has 1 N–H and O–H groups in total. The molecule has 2 rings (SSSR count). The highest BCUT2D eigenvalue weighted by Gasteiger charge is 2.30. The third kappa shape index (κ3) is 3.16. The van der Waals surface area contributed by atoms with Crippen molar-refractivity contribution in [3.05, 3.63) is 34.3 Å². The second kappa shape index (κ2) is 6.21. The first-order chi connectivity index (χ1) is 8.61. The molecule has 0 heterocycles. The number of benzene rings is 1. The summed E-state index contributed by atoms with van der Waals surface area (Å²) in [7, 11) is 2.09. The van der Waals surface area contributed by atoms with E-state index in [0.29, 0.717) is 6.04 Å². The number of hydrogen-bond donors (Lipinski definition) is 1. The molecular formula is C16H24BrN. The van der Waals surface area contributed by atoms with E-state index in [4.69, 9.17) is 0 Å². The van der Waals surface area contributed by atoms with Crippen LogP contribution in [0.3, 0.4) is 0 Å². The van der Waals surface area contributed by atoms with Crippen LogP contribution in [-0.4, -0.2) is 7.05 Å². The molecule has 0 aliphatic heterocycles. The Bertz CT molecular complexity index is 373. The molecule has 0 amide bonds. The second-order valence-electron chi connectivity index (χ2n) is 5.85. The quantitative estimate of drug-likeness (QED) is 0.847. The molecule has 1 nitrogen and oxygen atoms in total. The van der Waals surface area contributed by atoms with Crippen molar-refractivity contribution in [2.75, 3.05) is 7.05 Å². The standard InChI is InChI=1S/C16H24BrN/c1-11-4-5-14(10-12(11)2)16(18-3)13-6-8-15(17)9-7-13/h6-9,11-12,14,16,18H,4-5,10H2,1-3H3. The molecule has 4 unspecified atom stereocenters. The van der Waals surface area contributed by atoms with E-state index in [1.54, 1.807) is 0 Å². The number of nitrogens with one attached hydrogen (secondary N) is 1. The van der Waals surface area contributed by atoms with Crippen molar-refractivity contribution in [1.29, 1.82) is 0 Å². The average molecular weight is 310 g/mol. The predicted molar refractivity (Wildman–Crippen MR) is 81.6 cm³/mol. The van der Waals surface area contributed by atoms with Gasteiger partial charge in [0.2, 0.25) is 0 Å². The summed E-state index contributed by atoms with van der Waals surface area (Å²) >= 11 is 3.51. The molecule has 1 aromatic rings. The molecule has 0 saturated heterocycles. The van der Waals surface area contributed by atoms with Crippen LogP contribution in [0.1, 0.15) is 44.7 Å². The summed E-state index contributed by atoms with van der Waals surface area (Å²) in [6.45, 7) is 4.81. The van der Waals surface area contributed by atoms with Crippen molar-refractivity contribution in [2.24, 2.45) is 17.8 Å². The Hall–Kier alpha value is -0.340. The van der Waals surface area contributed by atoms with Crippen LogP contribution in [0.5, 0.6) is 0 Å². The van der Waals surface area contributed by atoms with Gasteiger partial charge < -0.3 is 5.32 Å². The lowest BCUT2D eigenvalue weighted by molar-refractivity contribution is 0.174. The van der Waals surface area contributed by atoms with E-state index in [1.165, 1.54) is 24.8 Å².